The van der Waals surface area contributed by atoms with E-state index in [9.17, 15) is 9.59 Å². The Morgan fingerprint density at radius 2 is 2.18 bits per heavy atom. The molecule has 0 radical (unpaired) electrons. The Labute approximate surface area is 129 Å². The van der Waals surface area contributed by atoms with Crippen LogP contribution >= 0.6 is 0 Å². The van der Waals surface area contributed by atoms with Crippen molar-refractivity contribution in [2.45, 2.75) is 33.6 Å². The van der Waals surface area contributed by atoms with E-state index in [4.69, 9.17) is 4.42 Å². The molecule has 2 aromatic rings. The molecule has 6 heteroatoms. The molecule has 0 atom stereocenters. The van der Waals surface area contributed by atoms with Crippen LogP contribution in [-0.2, 0) is 12.8 Å². The largest absolute Gasteiger partial charge is 0.466 e. The first-order valence-electron chi connectivity index (χ1n) is 7.38. The number of carbonyl (C=O) groups excluding carboxylic acids is 1. The minimum absolute atomic E-state index is 0.148. The molecule has 0 saturated heterocycles. The van der Waals surface area contributed by atoms with Crippen molar-refractivity contribution in [1.82, 2.24) is 15.3 Å². The van der Waals surface area contributed by atoms with Gasteiger partial charge in [-0.2, -0.15) is 4.98 Å². The van der Waals surface area contributed by atoms with Gasteiger partial charge in [0.2, 0.25) is 0 Å². The maximum Gasteiger partial charge on any atom is 0.345 e. The van der Waals surface area contributed by atoms with Crippen molar-refractivity contribution in [2.24, 2.45) is 5.92 Å². The fourth-order valence-corrected chi connectivity index (χ4v) is 2.18. The van der Waals surface area contributed by atoms with E-state index in [1.807, 2.05) is 32.9 Å². The lowest BCUT2D eigenvalue weighted by atomic mass is 10.1. The predicted octanol–water partition coefficient (Wildman–Crippen LogP) is 1.84. The van der Waals surface area contributed by atoms with Gasteiger partial charge in [0.15, 0.2) is 0 Å². The zero-order valence-corrected chi connectivity index (χ0v) is 13.1. The van der Waals surface area contributed by atoms with Gasteiger partial charge >= 0.3 is 5.69 Å². The molecule has 118 valence electrons. The summed E-state index contributed by atoms with van der Waals surface area (Å²) in [5.41, 5.74) is 0.377. The summed E-state index contributed by atoms with van der Waals surface area (Å²) in [6, 6.07) is 5.40. The van der Waals surface area contributed by atoms with Gasteiger partial charge in [-0.05, 0) is 37.5 Å². The Morgan fingerprint density at radius 3 is 2.82 bits per heavy atom. The highest BCUT2D eigenvalue weighted by Crippen LogP contribution is 2.07. The van der Waals surface area contributed by atoms with Gasteiger partial charge in [0.1, 0.15) is 17.2 Å². The van der Waals surface area contributed by atoms with E-state index in [1.165, 1.54) is 0 Å². The van der Waals surface area contributed by atoms with E-state index in [2.05, 4.69) is 15.3 Å². The van der Waals surface area contributed by atoms with Gasteiger partial charge in [-0.25, -0.2) is 4.79 Å². The molecule has 0 unspecified atom stereocenters. The van der Waals surface area contributed by atoms with Crippen LogP contribution in [0.3, 0.4) is 0 Å². The third kappa shape index (κ3) is 4.58. The fraction of sp³-hybridized carbons (Fsp3) is 0.438. The van der Waals surface area contributed by atoms with Crippen LogP contribution in [-0.4, -0.2) is 22.4 Å². The topological polar surface area (TPSA) is 88.0 Å². The van der Waals surface area contributed by atoms with Crippen LogP contribution in [0.5, 0.6) is 0 Å². The third-order valence-corrected chi connectivity index (χ3v) is 3.11. The SMILES string of the molecule is Cc1ccc(CCNC(=O)c2cc(CC(C)C)[nH]c(=O)n2)o1. The molecule has 0 aliphatic rings. The van der Waals surface area contributed by atoms with Gasteiger partial charge in [0.25, 0.3) is 5.91 Å². The highest BCUT2D eigenvalue weighted by molar-refractivity contribution is 5.92. The highest BCUT2D eigenvalue weighted by Gasteiger charge is 2.11. The van der Waals surface area contributed by atoms with Gasteiger partial charge in [-0.3, -0.25) is 4.79 Å². The van der Waals surface area contributed by atoms with Crippen LogP contribution in [0.4, 0.5) is 0 Å². The van der Waals surface area contributed by atoms with Crippen LogP contribution in [0, 0.1) is 12.8 Å². The summed E-state index contributed by atoms with van der Waals surface area (Å²) in [6.45, 7) is 6.39. The molecule has 0 spiro atoms. The van der Waals surface area contributed by atoms with E-state index in [0.29, 0.717) is 25.3 Å². The average molecular weight is 303 g/mol. The van der Waals surface area contributed by atoms with Crippen LogP contribution < -0.4 is 11.0 Å². The molecule has 0 saturated carbocycles. The van der Waals surface area contributed by atoms with Gasteiger partial charge in [-0.1, -0.05) is 13.8 Å². The van der Waals surface area contributed by atoms with Crippen LogP contribution in [0.1, 0.15) is 41.6 Å². The van der Waals surface area contributed by atoms with Crippen molar-refractivity contribution >= 4 is 5.91 Å². The van der Waals surface area contributed by atoms with Crippen LogP contribution in [0.2, 0.25) is 0 Å². The summed E-state index contributed by atoms with van der Waals surface area (Å²) in [5, 5.41) is 2.75. The lowest BCUT2D eigenvalue weighted by Gasteiger charge is -2.07. The normalized spacial score (nSPS) is 10.9. The first kappa shape index (κ1) is 16.0. The number of rotatable bonds is 6. The molecule has 0 bridgehead atoms. The molecular weight excluding hydrogens is 282 g/mol. The molecule has 1 amide bonds. The number of carbonyl (C=O) groups is 1. The number of H-pyrrole nitrogens is 1. The highest BCUT2D eigenvalue weighted by atomic mass is 16.3. The number of hydrogen-bond donors (Lipinski definition) is 2. The Bertz CT molecular complexity index is 701. The standard InChI is InChI=1S/C16H21N3O3/c1-10(2)8-12-9-14(19-16(21)18-12)15(20)17-7-6-13-5-4-11(3)22-13/h4-5,9-10H,6-8H2,1-3H3,(H,17,20)(H,18,19,21). The number of nitrogens with one attached hydrogen (secondary N) is 2. The van der Waals surface area contributed by atoms with Crippen molar-refractivity contribution < 1.29 is 9.21 Å². The second-order valence-electron chi connectivity index (χ2n) is 5.71. The van der Waals surface area contributed by atoms with Crippen molar-refractivity contribution in [1.29, 1.82) is 0 Å². The number of aromatic nitrogens is 2. The number of amides is 1. The summed E-state index contributed by atoms with van der Waals surface area (Å²) in [6.07, 6.45) is 1.30. The summed E-state index contributed by atoms with van der Waals surface area (Å²) in [5.74, 6) is 1.70. The van der Waals surface area contributed by atoms with Crippen LogP contribution in [0.15, 0.2) is 27.4 Å². The summed E-state index contributed by atoms with van der Waals surface area (Å²) in [4.78, 5) is 30.0. The molecule has 2 heterocycles. The lowest BCUT2D eigenvalue weighted by Crippen LogP contribution is -2.29. The second kappa shape index (κ2) is 7.06. The maximum absolute atomic E-state index is 12.1. The Hall–Kier alpha value is -2.37. The summed E-state index contributed by atoms with van der Waals surface area (Å²) in [7, 11) is 0. The molecular formula is C16H21N3O3. The monoisotopic (exact) mass is 303 g/mol. The fourth-order valence-electron chi connectivity index (χ4n) is 2.18. The number of furan rings is 1. The van der Waals surface area contributed by atoms with Crippen molar-refractivity contribution in [3.8, 4) is 0 Å². The molecule has 2 N–H and O–H groups in total. The molecule has 2 rings (SSSR count). The summed E-state index contributed by atoms with van der Waals surface area (Å²) >= 11 is 0. The minimum atomic E-state index is -0.495. The number of nitrogens with zero attached hydrogens (tertiary/aromatic N) is 1. The van der Waals surface area contributed by atoms with Gasteiger partial charge in [-0.15, -0.1) is 0 Å². The molecule has 2 aromatic heterocycles. The third-order valence-electron chi connectivity index (χ3n) is 3.11. The number of hydrogen-bond acceptors (Lipinski definition) is 4. The Balaban J connectivity index is 1.96. The van der Waals surface area contributed by atoms with Crippen LogP contribution in [0.25, 0.3) is 0 Å². The zero-order chi connectivity index (χ0) is 16.1. The molecule has 0 aliphatic carbocycles. The van der Waals surface area contributed by atoms with Gasteiger partial charge in [0.05, 0.1) is 0 Å². The van der Waals surface area contributed by atoms with E-state index < -0.39 is 5.69 Å². The van der Waals surface area contributed by atoms with Crippen molar-refractivity contribution in [3.05, 3.63) is 51.6 Å². The minimum Gasteiger partial charge on any atom is -0.466 e. The van der Waals surface area contributed by atoms with E-state index in [1.54, 1.807) is 6.07 Å². The zero-order valence-electron chi connectivity index (χ0n) is 13.1. The number of aromatic amines is 1. The first-order chi connectivity index (χ1) is 10.4. The average Bonchev–Trinajstić information content (AvgIpc) is 2.83. The molecule has 22 heavy (non-hydrogen) atoms. The van der Waals surface area contributed by atoms with Gasteiger partial charge in [0, 0.05) is 18.7 Å². The molecule has 0 aliphatic heterocycles. The molecule has 6 nitrogen and oxygen atoms in total. The van der Waals surface area contributed by atoms with E-state index in [0.717, 1.165) is 17.2 Å². The van der Waals surface area contributed by atoms with Gasteiger partial charge < -0.3 is 14.7 Å². The first-order valence-corrected chi connectivity index (χ1v) is 7.38. The Kier molecular flexibility index (Phi) is 5.14. The second-order valence-corrected chi connectivity index (χ2v) is 5.71. The molecule has 0 fully saturated rings. The van der Waals surface area contributed by atoms with E-state index >= 15 is 0 Å². The lowest BCUT2D eigenvalue weighted by molar-refractivity contribution is 0.0948. The predicted molar refractivity (Wildman–Crippen MR) is 82.9 cm³/mol. The number of aryl methyl sites for hydroxylation is 1. The molecule has 0 aromatic carbocycles. The summed E-state index contributed by atoms with van der Waals surface area (Å²) < 4.78 is 5.43. The van der Waals surface area contributed by atoms with E-state index in [-0.39, 0.29) is 11.6 Å². The quantitative estimate of drug-likeness (QED) is 0.852. The van der Waals surface area contributed by atoms with Crippen molar-refractivity contribution in [2.75, 3.05) is 6.54 Å². The van der Waals surface area contributed by atoms with Crippen molar-refractivity contribution in [3.63, 3.8) is 0 Å². The Morgan fingerprint density at radius 1 is 1.41 bits per heavy atom. The smallest absolute Gasteiger partial charge is 0.345 e. The maximum atomic E-state index is 12.1.